The van der Waals surface area contributed by atoms with Gasteiger partial charge < -0.3 is 49.9 Å². The molecule has 4 rings (SSSR count). The Morgan fingerprint density at radius 3 is 1.72 bits per heavy atom. The maximum atomic E-state index is 12.1. The topological polar surface area (TPSA) is 170 Å². The van der Waals surface area contributed by atoms with Crippen LogP contribution in [0.2, 0.25) is 0 Å². The van der Waals surface area contributed by atoms with E-state index in [2.05, 4.69) is 24.6 Å². The van der Waals surface area contributed by atoms with E-state index >= 15 is 0 Å². The number of rotatable bonds is 11. The quantitative estimate of drug-likeness (QED) is 0.116. The van der Waals surface area contributed by atoms with Crippen molar-refractivity contribution in [1.82, 2.24) is 10.2 Å². The number of nitrogens with zero attached hydrogens (tertiary/aromatic N) is 3. The second-order valence-electron chi connectivity index (χ2n) is 15.3. The van der Waals surface area contributed by atoms with Gasteiger partial charge in [0.05, 0.1) is 26.7 Å². The van der Waals surface area contributed by atoms with Gasteiger partial charge in [0.25, 0.3) is 6.47 Å². The zero-order valence-electron chi connectivity index (χ0n) is 37.0. The molecule has 318 valence electrons. The number of alkyl carbamates (subject to hydrolysis) is 1. The van der Waals surface area contributed by atoms with Gasteiger partial charge in [-0.1, -0.05) is 24.3 Å². The average molecular weight is 823 g/mol. The van der Waals surface area contributed by atoms with Crippen molar-refractivity contribution < 1.29 is 83.4 Å². The summed E-state index contributed by atoms with van der Waals surface area (Å²) in [7, 11) is 1.40. The van der Waals surface area contributed by atoms with Crippen molar-refractivity contribution in [3.8, 4) is 0 Å². The van der Waals surface area contributed by atoms with E-state index in [4.69, 9.17) is 14.2 Å². The normalized spacial score (nSPS) is 14.7. The van der Waals surface area contributed by atoms with Crippen LogP contribution in [-0.4, -0.2) is 119 Å². The number of anilines is 2. The first kappa shape index (κ1) is 51.7. The summed E-state index contributed by atoms with van der Waals surface area (Å²) in [5.74, 6) is -1.67. The van der Waals surface area contributed by atoms with Crippen LogP contribution in [0, 0.1) is 0 Å². The Balaban J connectivity index is 0.000000994. The first-order valence-corrected chi connectivity index (χ1v) is 19.3. The van der Waals surface area contributed by atoms with E-state index in [9.17, 15) is 28.8 Å². The molecular formula is C42H63N4NaO11. The molecule has 15 nitrogen and oxygen atoms in total. The number of methoxy groups -OCH3 is 1. The molecule has 1 atom stereocenters. The second kappa shape index (κ2) is 25.9. The number of ether oxygens (including phenoxy) is 5. The predicted molar refractivity (Wildman–Crippen MR) is 217 cm³/mol. The minimum Gasteiger partial charge on any atom is -1.00 e. The third-order valence-corrected chi connectivity index (χ3v) is 8.55. The van der Waals surface area contributed by atoms with E-state index < -0.39 is 23.1 Å². The van der Waals surface area contributed by atoms with Gasteiger partial charge in [-0.05, 0) is 104 Å². The first-order valence-electron chi connectivity index (χ1n) is 19.3. The summed E-state index contributed by atoms with van der Waals surface area (Å²) < 4.78 is 24.5. The van der Waals surface area contributed by atoms with Crippen molar-refractivity contribution in [2.75, 3.05) is 69.4 Å². The van der Waals surface area contributed by atoms with E-state index in [-0.39, 0.29) is 61.8 Å². The largest absolute Gasteiger partial charge is 1.00 e. The molecule has 58 heavy (non-hydrogen) atoms. The molecule has 0 saturated carbocycles. The molecule has 2 amide bonds. The molecule has 2 aliphatic heterocycles. The van der Waals surface area contributed by atoms with Gasteiger partial charge >= 0.3 is 53.7 Å². The van der Waals surface area contributed by atoms with Gasteiger partial charge in [0.1, 0.15) is 23.4 Å². The van der Waals surface area contributed by atoms with Crippen molar-refractivity contribution in [3.63, 3.8) is 0 Å². The summed E-state index contributed by atoms with van der Waals surface area (Å²) in [6.07, 6.45) is 2.01. The SMILES string of the molecule is CCOC(=O)C(C=O)c1ccc(N2CCN(C(=O)OC(C)(C)C)CC2)cc1.CCOC=O.COC(=O)Cc1ccc(N2CCC(NC(=O)OC(C)(C)C)CC2)cc1.[H-].[Na+]. The predicted octanol–water partition coefficient (Wildman–Crippen LogP) is 2.78. The molecular weight excluding hydrogens is 759 g/mol. The third-order valence-electron chi connectivity index (χ3n) is 8.55. The number of hydrogen-bond donors (Lipinski definition) is 1. The fraction of sp³-hybridized carbons (Fsp3) is 0.571. The van der Waals surface area contributed by atoms with Crippen LogP contribution in [0.15, 0.2) is 48.5 Å². The van der Waals surface area contributed by atoms with E-state index in [1.54, 1.807) is 30.9 Å². The fourth-order valence-electron chi connectivity index (χ4n) is 5.76. The van der Waals surface area contributed by atoms with Gasteiger partial charge in [0.15, 0.2) is 0 Å². The second-order valence-corrected chi connectivity index (χ2v) is 15.3. The standard InChI is InChI=1S/C20H28N2O5.C19H28N2O4.C3H6O2.Na.H/c1-5-26-18(24)17(14-23)15-6-8-16(9-7-15)21-10-12-22(13-11-21)19(25)27-20(2,3)4;1-19(2,3)25-18(23)20-15-9-11-21(12-10-15)16-7-5-14(6-8-16)13-17(22)24-4;1-2-5-3-4;;/h6-9,14,17H,5,10-13H2,1-4H3;5-8,15H,9-13H2,1-4H3,(H,20,23);3H,2H2,1H3;;/q;;;+1;-1. The van der Waals surface area contributed by atoms with Crippen molar-refractivity contribution in [2.24, 2.45) is 0 Å². The van der Waals surface area contributed by atoms with Gasteiger partial charge in [-0.2, -0.15) is 0 Å². The Hall–Kier alpha value is -4.34. The molecule has 1 unspecified atom stereocenters. The summed E-state index contributed by atoms with van der Waals surface area (Å²) in [6, 6.07) is 15.4. The molecule has 16 heteroatoms. The van der Waals surface area contributed by atoms with E-state index in [1.807, 2.05) is 77.9 Å². The zero-order chi connectivity index (χ0) is 42.6. The van der Waals surface area contributed by atoms with Crippen molar-refractivity contribution in [2.45, 2.75) is 97.8 Å². The van der Waals surface area contributed by atoms with Gasteiger partial charge in [-0.25, -0.2) is 9.59 Å². The first-order chi connectivity index (χ1) is 26.9. The maximum absolute atomic E-state index is 12.1. The van der Waals surface area contributed by atoms with Crippen molar-refractivity contribution in [1.29, 1.82) is 0 Å². The Morgan fingerprint density at radius 1 is 0.776 bits per heavy atom. The number of hydrogen-bond acceptors (Lipinski definition) is 13. The average Bonchev–Trinajstić information content (AvgIpc) is 3.15. The van der Waals surface area contributed by atoms with E-state index in [1.165, 1.54) is 7.11 Å². The van der Waals surface area contributed by atoms with E-state index in [0.717, 1.165) is 42.9 Å². The van der Waals surface area contributed by atoms with Crippen LogP contribution in [0.3, 0.4) is 0 Å². The Morgan fingerprint density at radius 2 is 1.29 bits per heavy atom. The zero-order valence-corrected chi connectivity index (χ0v) is 38.0. The number of benzene rings is 2. The molecule has 0 spiro atoms. The number of carbonyl (C=O) groups is 6. The molecule has 2 fully saturated rings. The van der Waals surface area contributed by atoms with Gasteiger partial charge in [0.2, 0.25) is 0 Å². The molecule has 0 aliphatic carbocycles. The summed E-state index contributed by atoms with van der Waals surface area (Å²) in [4.78, 5) is 73.7. The number of amides is 2. The molecule has 1 N–H and O–H groups in total. The van der Waals surface area contributed by atoms with Gasteiger partial charge in [-0.3, -0.25) is 14.4 Å². The molecule has 2 aliphatic rings. The summed E-state index contributed by atoms with van der Waals surface area (Å²) in [5.41, 5.74) is 2.69. The maximum Gasteiger partial charge on any atom is 1.00 e. The molecule has 2 aromatic carbocycles. The number of aldehydes is 1. The van der Waals surface area contributed by atoms with Crippen LogP contribution in [0.25, 0.3) is 0 Å². The van der Waals surface area contributed by atoms with Crippen LogP contribution in [-0.2, 0) is 49.3 Å². The number of piperazine rings is 1. The number of carbonyl (C=O) groups excluding carboxylic acids is 6. The van der Waals surface area contributed by atoms with E-state index in [0.29, 0.717) is 57.5 Å². The number of nitrogens with one attached hydrogen (secondary N) is 1. The summed E-state index contributed by atoms with van der Waals surface area (Å²) in [5, 5.41) is 2.95. The molecule has 0 bridgehead atoms. The number of esters is 2. The molecule has 0 aromatic heterocycles. The van der Waals surface area contributed by atoms with Gasteiger partial charge in [-0.15, -0.1) is 0 Å². The minimum atomic E-state index is -0.900. The Bertz CT molecular complexity index is 1570. The van der Waals surface area contributed by atoms with Crippen LogP contribution < -0.4 is 44.7 Å². The third kappa shape index (κ3) is 19.4. The summed E-state index contributed by atoms with van der Waals surface area (Å²) >= 11 is 0. The monoisotopic (exact) mass is 822 g/mol. The van der Waals surface area contributed by atoms with Crippen LogP contribution in [0.4, 0.5) is 21.0 Å². The van der Waals surface area contributed by atoms with Gasteiger partial charge in [0, 0.05) is 56.7 Å². The smallest absolute Gasteiger partial charge is 1.00 e. The Kier molecular flexibility index (Phi) is 23.1. The van der Waals surface area contributed by atoms with Crippen molar-refractivity contribution >= 4 is 48.3 Å². The Labute approximate surface area is 367 Å². The van der Waals surface area contributed by atoms with Crippen LogP contribution in [0.1, 0.15) is 86.7 Å². The molecule has 2 aromatic rings. The molecule has 0 radical (unpaired) electrons. The minimum absolute atomic E-state index is 0. The number of piperidine rings is 1. The van der Waals surface area contributed by atoms with Crippen molar-refractivity contribution in [3.05, 3.63) is 59.7 Å². The summed E-state index contributed by atoms with van der Waals surface area (Å²) in [6.45, 7) is 20.0. The van der Waals surface area contributed by atoms with Crippen LogP contribution in [0.5, 0.6) is 0 Å². The van der Waals surface area contributed by atoms with Crippen LogP contribution >= 0.6 is 0 Å². The molecule has 2 saturated heterocycles. The fourth-order valence-corrected chi connectivity index (χ4v) is 5.76. The molecule has 2 heterocycles.